The number of benzene rings is 2. The van der Waals surface area contributed by atoms with Crippen LogP contribution < -0.4 is 20.3 Å². The largest absolute Gasteiger partial charge is 0.491 e. The number of carbonyl (C=O) groups is 2. The molecule has 0 aliphatic rings. The summed E-state index contributed by atoms with van der Waals surface area (Å²) >= 11 is 5.73. The minimum atomic E-state index is -3.96. The highest BCUT2D eigenvalue weighted by molar-refractivity contribution is 7.93. The van der Waals surface area contributed by atoms with E-state index in [2.05, 4.69) is 15.6 Å². The van der Waals surface area contributed by atoms with E-state index in [1.54, 1.807) is 12.1 Å². The van der Waals surface area contributed by atoms with Crippen LogP contribution in [0.2, 0.25) is 5.02 Å². The maximum Gasteiger partial charge on any atom is 0.269 e. The maximum absolute atomic E-state index is 12.1. The summed E-state index contributed by atoms with van der Waals surface area (Å²) in [5.41, 5.74) is 4.74. The number of nitrogens with one attached hydrogen (secondary N) is 3. The van der Waals surface area contributed by atoms with E-state index in [1.807, 2.05) is 13.8 Å². The average Bonchev–Trinajstić information content (AvgIpc) is 2.61. The Labute approximate surface area is 168 Å². The van der Waals surface area contributed by atoms with Crippen molar-refractivity contribution in [2.45, 2.75) is 20.0 Å². The Bertz CT molecular complexity index is 929. The normalized spacial score (nSPS) is 11.0. The molecular weight excluding hydrogens is 406 g/mol. The molecule has 28 heavy (non-hydrogen) atoms. The summed E-state index contributed by atoms with van der Waals surface area (Å²) in [6.07, 6.45) is -0.00526. The van der Waals surface area contributed by atoms with E-state index in [1.165, 1.54) is 36.4 Å². The summed E-state index contributed by atoms with van der Waals surface area (Å²) in [4.78, 5) is 23.7. The molecule has 0 heterocycles. The first-order chi connectivity index (χ1) is 13.1. The Morgan fingerprint density at radius 2 is 1.61 bits per heavy atom. The van der Waals surface area contributed by atoms with Gasteiger partial charge in [0.15, 0.2) is 0 Å². The second kappa shape index (κ2) is 9.43. The predicted octanol–water partition coefficient (Wildman–Crippen LogP) is 2.33. The zero-order chi connectivity index (χ0) is 20.7. The van der Waals surface area contributed by atoms with E-state index >= 15 is 0 Å². The van der Waals surface area contributed by atoms with Gasteiger partial charge < -0.3 is 4.74 Å². The van der Waals surface area contributed by atoms with E-state index < -0.39 is 27.6 Å². The molecule has 8 nitrogen and oxygen atoms in total. The van der Waals surface area contributed by atoms with Crippen molar-refractivity contribution in [1.82, 2.24) is 10.9 Å². The Morgan fingerprint density at radius 1 is 1.00 bits per heavy atom. The molecule has 2 amide bonds. The van der Waals surface area contributed by atoms with Gasteiger partial charge in [-0.1, -0.05) is 11.6 Å². The van der Waals surface area contributed by atoms with Crippen molar-refractivity contribution in [3.63, 3.8) is 0 Å². The van der Waals surface area contributed by atoms with Gasteiger partial charge in [0, 0.05) is 16.3 Å². The van der Waals surface area contributed by atoms with Gasteiger partial charge in [-0.3, -0.25) is 25.2 Å². The summed E-state index contributed by atoms with van der Waals surface area (Å²) in [5.74, 6) is -1.76. The molecule has 0 fully saturated rings. The first-order valence-corrected chi connectivity index (χ1v) is 10.3. The van der Waals surface area contributed by atoms with Crippen LogP contribution in [0.5, 0.6) is 5.75 Å². The number of hydrogen-bond donors (Lipinski definition) is 3. The van der Waals surface area contributed by atoms with Gasteiger partial charge in [0.05, 0.1) is 6.10 Å². The fraction of sp³-hybridized carbons (Fsp3) is 0.222. The van der Waals surface area contributed by atoms with Crippen LogP contribution >= 0.6 is 11.6 Å². The van der Waals surface area contributed by atoms with Crippen LogP contribution in [0.15, 0.2) is 48.5 Å². The SMILES string of the molecule is CC(C)Oc1ccc(NS(=O)(=O)CC(=O)NNC(=O)c2ccc(Cl)cc2)cc1. The summed E-state index contributed by atoms with van der Waals surface area (Å²) in [6, 6.07) is 12.2. The third kappa shape index (κ3) is 7.09. The zero-order valence-electron chi connectivity index (χ0n) is 15.2. The maximum atomic E-state index is 12.1. The third-order valence-electron chi connectivity index (χ3n) is 3.24. The molecular formula is C18H20ClN3O5S. The molecule has 2 aromatic rings. The smallest absolute Gasteiger partial charge is 0.269 e. The van der Waals surface area contributed by atoms with Gasteiger partial charge in [0.1, 0.15) is 11.5 Å². The molecule has 0 aromatic heterocycles. The Kier molecular flexibility index (Phi) is 7.24. The summed E-state index contributed by atoms with van der Waals surface area (Å²) in [5, 5.41) is 0.460. The van der Waals surface area contributed by atoms with Crippen LogP contribution in [0.3, 0.4) is 0 Å². The van der Waals surface area contributed by atoms with Gasteiger partial charge in [-0.05, 0) is 62.4 Å². The lowest BCUT2D eigenvalue weighted by atomic mass is 10.2. The zero-order valence-corrected chi connectivity index (χ0v) is 16.8. The molecule has 0 spiro atoms. The molecule has 0 aliphatic carbocycles. The van der Waals surface area contributed by atoms with Gasteiger partial charge in [-0.25, -0.2) is 8.42 Å². The lowest BCUT2D eigenvalue weighted by molar-refractivity contribution is -0.119. The van der Waals surface area contributed by atoms with E-state index in [9.17, 15) is 18.0 Å². The quantitative estimate of drug-likeness (QED) is 0.589. The van der Waals surface area contributed by atoms with Crippen molar-refractivity contribution in [2.75, 3.05) is 10.5 Å². The fourth-order valence-electron chi connectivity index (χ4n) is 2.10. The highest BCUT2D eigenvalue weighted by Gasteiger charge is 2.17. The summed E-state index contributed by atoms with van der Waals surface area (Å²) in [6.45, 7) is 3.75. The standard InChI is InChI=1S/C18H20ClN3O5S/c1-12(2)27-16-9-7-15(8-10-16)22-28(25,26)11-17(23)20-21-18(24)13-3-5-14(19)6-4-13/h3-10,12,22H,11H2,1-2H3,(H,20,23)(H,21,24). The summed E-state index contributed by atoms with van der Waals surface area (Å²) in [7, 11) is -3.96. The van der Waals surface area contributed by atoms with Crippen LogP contribution in [-0.4, -0.2) is 32.1 Å². The highest BCUT2D eigenvalue weighted by Crippen LogP contribution is 2.17. The number of hydrazine groups is 1. The summed E-state index contributed by atoms with van der Waals surface area (Å²) < 4.78 is 31.9. The van der Waals surface area contributed by atoms with Crippen molar-refractivity contribution >= 4 is 39.1 Å². The lowest BCUT2D eigenvalue weighted by Crippen LogP contribution is -2.44. The van der Waals surface area contributed by atoms with E-state index in [0.717, 1.165) is 0 Å². The lowest BCUT2D eigenvalue weighted by Gasteiger charge is -2.12. The molecule has 0 bridgehead atoms. The number of ether oxygens (including phenoxy) is 1. The molecule has 0 aliphatic heterocycles. The molecule has 150 valence electrons. The third-order valence-corrected chi connectivity index (χ3v) is 4.68. The van der Waals surface area contributed by atoms with Crippen LogP contribution in [-0.2, 0) is 14.8 Å². The van der Waals surface area contributed by atoms with Crippen LogP contribution in [0.4, 0.5) is 5.69 Å². The number of rotatable bonds is 7. The van der Waals surface area contributed by atoms with Gasteiger partial charge in [0.25, 0.3) is 11.8 Å². The van der Waals surface area contributed by atoms with Crippen LogP contribution in [0.1, 0.15) is 24.2 Å². The first kappa shape index (κ1) is 21.5. The van der Waals surface area contributed by atoms with Crippen LogP contribution in [0, 0.1) is 0 Å². The molecule has 10 heteroatoms. The Morgan fingerprint density at radius 3 is 2.18 bits per heavy atom. The predicted molar refractivity (Wildman–Crippen MR) is 107 cm³/mol. The highest BCUT2D eigenvalue weighted by atomic mass is 35.5. The fourth-order valence-corrected chi connectivity index (χ4v) is 3.21. The number of hydrogen-bond acceptors (Lipinski definition) is 5. The molecule has 0 radical (unpaired) electrons. The molecule has 0 saturated carbocycles. The van der Waals surface area contributed by atoms with E-state index in [4.69, 9.17) is 16.3 Å². The van der Waals surface area contributed by atoms with Crippen molar-refractivity contribution in [3.8, 4) is 5.75 Å². The Hall–Kier alpha value is -2.78. The molecule has 0 atom stereocenters. The number of halogens is 1. The molecule has 3 N–H and O–H groups in total. The molecule has 0 unspecified atom stereocenters. The van der Waals surface area contributed by atoms with Crippen molar-refractivity contribution < 1.29 is 22.7 Å². The van der Waals surface area contributed by atoms with Crippen molar-refractivity contribution in [2.24, 2.45) is 0 Å². The minimum Gasteiger partial charge on any atom is -0.491 e. The number of sulfonamides is 1. The number of carbonyl (C=O) groups excluding carboxylic acids is 2. The molecule has 2 aromatic carbocycles. The van der Waals surface area contributed by atoms with Crippen LogP contribution in [0.25, 0.3) is 0 Å². The van der Waals surface area contributed by atoms with Gasteiger partial charge >= 0.3 is 0 Å². The first-order valence-electron chi connectivity index (χ1n) is 8.26. The van der Waals surface area contributed by atoms with Gasteiger partial charge in [-0.2, -0.15) is 0 Å². The van der Waals surface area contributed by atoms with E-state index in [-0.39, 0.29) is 17.4 Å². The molecule has 2 rings (SSSR count). The van der Waals surface area contributed by atoms with E-state index in [0.29, 0.717) is 10.8 Å². The van der Waals surface area contributed by atoms with Gasteiger partial charge in [0.2, 0.25) is 10.0 Å². The minimum absolute atomic E-state index is 0.00526. The average molecular weight is 426 g/mol. The topological polar surface area (TPSA) is 114 Å². The number of amides is 2. The van der Waals surface area contributed by atoms with Crippen molar-refractivity contribution in [3.05, 3.63) is 59.1 Å². The Balaban J connectivity index is 1.86. The second-order valence-corrected chi connectivity index (χ2v) is 8.22. The molecule has 0 saturated heterocycles. The number of anilines is 1. The monoisotopic (exact) mass is 425 g/mol. The van der Waals surface area contributed by atoms with Gasteiger partial charge in [-0.15, -0.1) is 0 Å². The second-order valence-electron chi connectivity index (χ2n) is 6.06. The van der Waals surface area contributed by atoms with Crippen molar-refractivity contribution in [1.29, 1.82) is 0 Å².